The molecule has 1 saturated heterocycles. The normalized spacial score (nSPS) is 22.5. The Kier molecular flexibility index (Phi) is 2.93. The van der Waals surface area contributed by atoms with Crippen molar-refractivity contribution >= 4 is 21.4 Å². The SMILES string of the molecule is Cc1cccc2nc(NC3CCCS(=O)(=O)C3)nn12. The lowest BCUT2D eigenvalue weighted by Gasteiger charge is -2.22. The van der Waals surface area contributed by atoms with Crippen LogP contribution in [0.15, 0.2) is 18.2 Å². The Morgan fingerprint density at radius 3 is 3.00 bits per heavy atom. The summed E-state index contributed by atoms with van der Waals surface area (Å²) < 4.78 is 24.9. The first kappa shape index (κ1) is 12.4. The van der Waals surface area contributed by atoms with Gasteiger partial charge in [-0.1, -0.05) is 6.07 Å². The summed E-state index contributed by atoms with van der Waals surface area (Å²) in [5.41, 5.74) is 1.76. The predicted octanol–water partition coefficient (Wildman–Crippen LogP) is 1.03. The van der Waals surface area contributed by atoms with Gasteiger partial charge < -0.3 is 5.32 Å². The molecule has 3 heterocycles. The molecule has 0 aliphatic carbocycles. The number of pyridine rings is 1. The molecule has 1 aliphatic heterocycles. The van der Waals surface area contributed by atoms with Crippen molar-refractivity contribution in [1.82, 2.24) is 14.6 Å². The van der Waals surface area contributed by atoms with Crippen LogP contribution in [-0.4, -0.2) is 40.6 Å². The van der Waals surface area contributed by atoms with Crippen LogP contribution in [0.2, 0.25) is 0 Å². The standard InChI is InChI=1S/C12H16N4O2S/c1-9-4-2-6-11-14-12(15-16(9)11)13-10-5-3-7-19(17,18)8-10/h2,4,6,10H,3,5,7-8H2,1H3,(H,13,15). The van der Waals surface area contributed by atoms with Crippen molar-refractivity contribution in [1.29, 1.82) is 0 Å². The molecule has 6 nitrogen and oxygen atoms in total. The van der Waals surface area contributed by atoms with Crippen LogP contribution in [0.25, 0.3) is 5.65 Å². The zero-order valence-electron chi connectivity index (χ0n) is 10.7. The van der Waals surface area contributed by atoms with E-state index in [9.17, 15) is 8.42 Å². The summed E-state index contributed by atoms with van der Waals surface area (Å²) in [5.74, 6) is 0.959. The van der Waals surface area contributed by atoms with E-state index in [2.05, 4.69) is 15.4 Å². The molecule has 2 aromatic heterocycles. The van der Waals surface area contributed by atoms with Crippen molar-refractivity contribution in [3.63, 3.8) is 0 Å². The first-order valence-electron chi connectivity index (χ1n) is 6.33. The van der Waals surface area contributed by atoms with Gasteiger partial charge in [0.15, 0.2) is 15.5 Å². The maximum atomic E-state index is 11.6. The molecule has 1 N–H and O–H groups in total. The number of fused-ring (bicyclic) bond motifs is 1. The van der Waals surface area contributed by atoms with Crippen molar-refractivity contribution in [2.24, 2.45) is 0 Å². The van der Waals surface area contributed by atoms with Crippen molar-refractivity contribution in [3.8, 4) is 0 Å². The summed E-state index contributed by atoms with van der Waals surface area (Å²) in [5, 5.41) is 7.48. The molecule has 2 aromatic rings. The van der Waals surface area contributed by atoms with Crippen LogP contribution >= 0.6 is 0 Å². The Hall–Kier alpha value is -1.63. The second-order valence-electron chi connectivity index (χ2n) is 4.97. The number of aromatic nitrogens is 3. The Morgan fingerprint density at radius 1 is 1.42 bits per heavy atom. The third-order valence-corrected chi connectivity index (χ3v) is 5.17. The lowest BCUT2D eigenvalue weighted by molar-refractivity contribution is 0.561. The number of nitrogens with zero attached hydrogens (tertiary/aromatic N) is 3. The Labute approximate surface area is 111 Å². The van der Waals surface area contributed by atoms with Crippen molar-refractivity contribution in [3.05, 3.63) is 23.9 Å². The number of hydrogen-bond donors (Lipinski definition) is 1. The van der Waals surface area contributed by atoms with Crippen molar-refractivity contribution < 1.29 is 8.42 Å². The van der Waals surface area contributed by atoms with E-state index in [1.54, 1.807) is 4.52 Å². The summed E-state index contributed by atoms with van der Waals surface area (Å²) in [6, 6.07) is 5.67. The number of aryl methyl sites for hydroxylation is 1. The quantitative estimate of drug-likeness (QED) is 0.889. The molecule has 7 heteroatoms. The number of anilines is 1. The van der Waals surface area contributed by atoms with Gasteiger partial charge in [0.1, 0.15) is 0 Å². The van der Waals surface area contributed by atoms with E-state index >= 15 is 0 Å². The third-order valence-electron chi connectivity index (χ3n) is 3.35. The van der Waals surface area contributed by atoms with Gasteiger partial charge >= 0.3 is 0 Å². The Balaban J connectivity index is 1.84. The summed E-state index contributed by atoms with van der Waals surface area (Å²) in [7, 11) is -2.92. The van der Waals surface area contributed by atoms with Crippen molar-refractivity contribution in [2.45, 2.75) is 25.8 Å². The maximum Gasteiger partial charge on any atom is 0.243 e. The monoisotopic (exact) mass is 280 g/mol. The van der Waals surface area contributed by atoms with Crippen molar-refractivity contribution in [2.75, 3.05) is 16.8 Å². The fourth-order valence-electron chi connectivity index (χ4n) is 2.42. The molecule has 1 unspecified atom stereocenters. The molecule has 0 radical (unpaired) electrons. The highest BCUT2D eigenvalue weighted by atomic mass is 32.2. The molecule has 1 atom stereocenters. The highest BCUT2D eigenvalue weighted by Crippen LogP contribution is 2.16. The van der Waals surface area contributed by atoms with E-state index in [0.717, 1.165) is 17.8 Å². The van der Waals surface area contributed by atoms with E-state index in [1.165, 1.54) is 0 Å². The van der Waals surface area contributed by atoms with Gasteiger partial charge in [-0.15, -0.1) is 5.10 Å². The molecule has 0 spiro atoms. The number of nitrogens with one attached hydrogen (secondary N) is 1. The van der Waals surface area contributed by atoms with Gasteiger partial charge in [0.2, 0.25) is 5.95 Å². The van der Waals surface area contributed by atoms with E-state index in [4.69, 9.17) is 0 Å². The number of hydrogen-bond acceptors (Lipinski definition) is 5. The van der Waals surface area contributed by atoms with Gasteiger partial charge in [0.05, 0.1) is 11.5 Å². The van der Waals surface area contributed by atoms with Gasteiger partial charge in [0.25, 0.3) is 0 Å². The molecular weight excluding hydrogens is 264 g/mol. The second kappa shape index (κ2) is 4.48. The summed E-state index contributed by atoms with van der Waals surface area (Å²) in [6.07, 6.45) is 1.54. The molecular formula is C12H16N4O2S. The topological polar surface area (TPSA) is 76.4 Å². The molecule has 0 amide bonds. The first-order chi connectivity index (χ1) is 9.03. The summed E-state index contributed by atoms with van der Waals surface area (Å²) >= 11 is 0. The van der Waals surface area contributed by atoms with Crippen LogP contribution in [0.1, 0.15) is 18.5 Å². The van der Waals surface area contributed by atoms with Crippen LogP contribution < -0.4 is 5.32 Å². The highest BCUT2D eigenvalue weighted by Gasteiger charge is 2.25. The lowest BCUT2D eigenvalue weighted by Crippen LogP contribution is -2.35. The largest absolute Gasteiger partial charge is 0.349 e. The second-order valence-corrected chi connectivity index (χ2v) is 7.20. The minimum atomic E-state index is -2.92. The minimum absolute atomic E-state index is 0.0866. The fraction of sp³-hybridized carbons (Fsp3) is 0.500. The fourth-order valence-corrected chi connectivity index (χ4v) is 4.05. The van der Waals surface area contributed by atoms with E-state index in [1.807, 2.05) is 25.1 Å². The van der Waals surface area contributed by atoms with Crippen LogP contribution in [0, 0.1) is 6.92 Å². The molecule has 0 aromatic carbocycles. The molecule has 102 valence electrons. The van der Waals surface area contributed by atoms with Gasteiger partial charge in [-0.3, -0.25) is 0 Å². The smallest absolute Gasteiger partial charge is 0.243 e. The van der Waals surface area contributed by atoms with Gasteiger partial charge in [0, 0.05) is 11.7 Å². The predicted molar refractivity (Wildman–Crippen MR) is 73.0 cm³/mol. The lowest BCUT2D eigenvalue weighted by atomic mass is 10.2. The minimum Gasteiger partial charge on any atom is -0.349 e. The number of sulfone groups is 1. The zero-order chi connectivity index (χ0) is 13.5. The number of rotatable bonds is 2. The van der Waals surface area contributed by atoms with E-state index in [0.29, 0.717) is 18.1 Å². The van der Waals surface area contributed by atoms with Gasteiger partial charge in [-0.25, -0.2) is 12.9 Å². The average Bonchev–Trinajstić information content (AvgIpc) is 2.71. The Morgan fingerprint density at radius 2 is 2.26 bits per heavy atom. The summed E-state index contributed by atoms with van der Waals surface area (Å²) in [6.45, 7) is 1.95. The van der Waals surface area contributed by atoms with Crippen LogP contribution in [-0.2, 0) is 9.84 Å². The van der Waals surface area contributed by atoms with Crippen LogP contribution in [0.3, 0.4) is 0 Å². The van der Waals surface area contributed by atoms with E-state index in [-0.39, 0.29) is 11.8 Å². The molecule has 0 bridgehead atoms. The molecule has 1 aliphatic rings. The highest BCUT2D eigenvalue weighted by molar-refractivity contribution is 7.91. The van der Waals surface area contributed by atoms with Crippen LogP contribution in [0.5, 0.6) is 0 Å². The third kappa shape index (κ3) is 2.56. The molecule has 3 rings (SSSR count). The van der Waals surface area contributed by atoms with Crippen LogP contribution in [0.4, 0.5) is 5.95 Å². The summed E-state index contributed by atoms with van der Waals surface area (Å²) in [4.78, 5) is 4.36. The van der Waals surface area contributed by atoms with Gasteiger partial charge in [-0.2, -0.15) is 4.98 Å². The molecule has 0 saturated carbocycles. The first-order valence-corrected chi connectivity index (χ1v) is 8.15. The molecule has 19 heavy (non-hydrogen) atoms. The van der Waals surface area contributed by atoms with Gasteiger partial charge in [-0.05, 0) is 31.9 Å². The van der Waals surface area contributed by atoms with E-state index < -0.39 is 9.84 Å². The Bertz CT molecular complexity index is 708. The molecule has 1 fully saturated rings. The average molecular weight is 280 g/mol. The maximum absolute atomic E-state index is 11.6. The zero-order valence-corrected chi connectivity index (χ0v) is 11.5.